The van der Waals surface area contributed by atoms with Gasteiger partial charge in [0.05, 0.1) is 27.4 Å². The van der Waals surface area contributed by atoms with E-state index in [1.165, 1.54) is 0 Å². The molecule has 1 aromatic rings. The van der Waals surface area contributed by atoms with E-state index in [2.05, 4.69) is 4.90 Å². The van der Waals surface area contributed by atoms with Crippen LogP contribution in [0.25, 0.3) is 0 Å². The summed E-state index contributed by atoms with van der Waals surface area (Å²) in [5.74, 6) is -1.32. The molecule has 1 heterocycles. The molecule has 0 spiro atoms. The number of rotatable bonds is 4. The molecular weight excluding hydrogens is 367 g/mol. The van der Waals surface area contributed by atoms with Crippen molar-refractivity contribution in [1.82, 2.24) is 4.90 Å². The van der Waals surface area contributed by atoms with Crippen molar-refractivity contribution in [2.45, 2.75) is 12.7 Å². The zero-order valence-electron chi connectivity index (χ0n) is 13.7. The Kier molecular flexibility index (Phi) is 8.27. The van der Waals surface area contributed by atoms with Gasteiger partial charge in [-0.3, -0.25) is 4.90 Å². The maximum atomic E-state index is 10.6. The number of hydrogen-bond acceptors (Lipinski definition) is 5. The maximum Gasteiger partial charge on any atom is 0.490 e. The van der Waals surface area contributed by atoms with Crippen molar-refractivity contribution in [1.29, 1.82) is 0 Å². The van der Waals surface area contributed by atoms with Crippen molar-refractivity contribution in [2.24, 2.45) is 0 Å². The zero-order valence-corrected chi connectivity index (χ0v) is 14.5. The summed E-state index contributed by atoms with van der Waals surface area (Å²) >= 11 is 6.10. The van der Waals surface area contributed by atoms with E-state index in [1.807, 2.05) is 6.07 Å². The van der Waals surface area contributed by atoms with E-state index in [4.69, 9.17) is 35.7 Å². The fourth-order valence-electron chi connectivity index (χ4n) is 2.12. The Bertz CT molecular complexity index is 577. The van der Waals surface area contributed by atoms with Gasteiger partial charge in [-0.2, -0.15) is 13.2 Å². The molecule has 0 amide bonds. The van der Waals surface area contributed by atoms with Gasteiger partial charge in [-0.05, 0) is 6.07 Å². The lowest BCUT2D eigenvalue weighted by atomic mass is 10.1. The minimum absolute atomic E-state index is 0.663. The summed E-state index contributed by atoms with van der Waals surface area (Å²) in [6.07, 6.45) is -5.08. The standard InChI is InChI=1S/C13H18ClNO3.C2HF3O2/c1-16-12-8-11(14)7-10(13(12)17-2)9-15-3-5-18-6-4-15;3-2(4,5)1(6)7/h7-8H,3-6,9H2,1-2H3;(H,6,7). The molecule has 1 aromatic carbocycles. The van der Waals surface area contributed by atoms with Gasteiger partial charge < -0.3 is 19.3 Å². The van der Waals surface area contributed by atoms with E-state index in [0.717, 1.165) is 44.2 Å². The average molecular weight is 386 g/mol. The van der Waals surface area contributed by atoms with Gasteiger partial charge in [0.1, 0.15) is 0 Å². The molecule has 1 saturated heterocycles. The number of alkyl halides is 3. The van der Waals surface area contributed by atoms with Crippen molar-refractivity contribution < 1.29 is 37.3 Å². The van der Waals surface area contributed by atoms with E-state index in [9.17, 15) is 13.2 Å². The van der Waals surface area contributed by atoms with Crippen LogP contribution in [0.3, 0.4) is 0 Å². The summed E-state index contributed by atoms with van der Waals surface area (Å²) in [6.45, 7) is 4.21. The maximum absolute atomic E-state index is 10.6. The lowest BCUT2D eigenvalue weighted by molar-refractivity contribution is -0.192. The predicted octanol–water partition coefficient (Wildman–Crippen LogP) is 2.82. The molecule has 25 heavy (non-hydrogen) atoms. The van der Waals surface area contributed by atoms with Crippen LogP contribution in [-0.2, 0) is 16.1 Å². The van der Waals surface area contributed by atoms with Gasteiger partial charge in [-0.15, -0.1) is 0 Å². The fourth-order valence-corrected chi connectivity index (χ4v) is 2.35. The molecule has 142 valence electrons. The van der Waals surface area contributed by atoms with Gasteiger partial charge in [0.15, 0.2) is 11.5 Å². The second-order valence-electron chi connectivity index (χ2n) is 4.99. The van der Waals surface area contributed by atoms with E-state index < -0.39 is 12.1 Å². The molecule has 1 N–H and O–H groups in total. The van der Waals surface area contributed by atoms with Crippen LogP contribution < -0.4 is 9.47 Å². The monoisotopic (exact) mass is 385 g/mol. The third kappa shape index (κ3) is 6.97. The first-order chi connectivity index (χ1) is 11.7. The first-order valence-corrected chi connectivity index (χ1v) is 7.57. The highest BCUT2D eigenvalue weighted by Gasteiger charge is 2.38. The van der Waals surface area contributed by atoms with E-state index >= 15 is 0 Å². The van der Waals surface area contributed by atoms with Crippen LogP contribution in [0, 0.1) is 0 Å². The molecule has 1 fully saturated rings. The number of methoxy groups -OCH3 is 2. The summed E-state index contributed by atoms with van der Waals surface area (Å²) in [5, 5.41) is 7.79. The van der Waals surface area contributed by atoms with Crippen LogP contribution in [0.5, 0.6) is 11.5 Å². The molecule has 0 aliphatic carbocycles. The average Bonchev–Trinajstić information content (AvgIpc) is 2.55. The number of nitrogens with zero attached hydrogens (tertiary/aromatic N) is 1. The Morgan fingerprint density at radius 3 is 2.28 bits per heavy atom. The second-order valence-corrected chi connectivity index (χ2v) is 5.43. The minimum Gasteiger partial charge on any atom is -0.493 e. The van der Waals surface area contributed by atoms with E-state index in [0.29, 0.717) is 10.8 Å². The van der Waals surface area contributed by atoms with Crippen molar-refractivity contribution >= 4 is 17.6 Å². The third-order valence-corrected chi connectivity index (χ3v) is 3.48. The number of hydrogen-bond donors (Lipinski definition) is 1. The van der Waals surface area contributed by atoms with Gasteiger partial charge in [0.25, 0.3) is 0 Å². The molecular formula is C15H19ClF3NO5. The summed E-state index contributed by atoms with van der Waals surface area (Å²) < 4.78 is 47.8. The highest BCUT2D eigenvalue weighted by atomic mass is 35.5. The van der Waals surface area contributed by atoms with Crippen LogP contribution >= 0.6 is 11.6 Å². The molecule has 1 aliphatic rings. The van der Waals surface area contributed by atoms with E-state index in [-0.39, 0.29) is 0 Å². The van der Waals surface area contributed by atoms with E-state index in [1.54, 1.807) is 20.3 Å². The first kappa shape index (κ1) is 21.3. The van der Waals surface area contributed by atoms with Crippen LogP contribution in [0.1, 0.15) is 5.56 Å². The number of ether oxygens (including phenoxy) is 3. The molecule has 0 unspecified atom stereocenters. The molecule has 0 bridgehead atoms. The van der Waals surface area contributed by atoms with Gasteiger partial charge in [0.2, 0.25) is 0 Å². The zero-order chi connectivity index (χ0) is 19.0. The van der Waals surface area contributed by atoms with Gasteiger partial charge >= 0.3 is 12.1 Å². The molecule has 1 aliphatic heterocycles. The summed E-state index contributed by atoms with van der Waals surface area (Å²) in [7, 11) is 3.27. The van der Waals surface area contributed by atoms with Crippen molar-refractivity contribution in [3.63, 3.8) is 0 Å². The van der Waals surface area contributed by atoms with Crippen LogP contribution in [0.4, 0.5) is 13.2 Å². The lowest BCUT2D eigenvalue weighted by Gasteiger charge is -2.27. The quantitative estimate of drug-likeness (QED) is 0.859. The molecule has 0 aromatic heterocycles. The normalized spacial score (nSPS) is 15.1. The minimum atomic E-state index is -5.08. The Balaban J connectivity index is 0.000000381. The van der Waals surface area contributed by atoms with Gasteiger partial charge in [-0.1, -0.05) is 11.6 Å². The second kappa shape index (κ2) is 9.69. The third-order valence-electron chi connectivity index (χ3n) is 3.26. The Labute approximate surface area is 148 Å². The van der Waals surface area contributed by atoms with Crippen molar-refractivity contribution in [3.05, 3.63) is 22.7 Å². The largest absolute Gasteiger partial charge is 0.493 e. The number of benzene rings is 1. The van der Waals surface area contributed by atoms with Crippen LogP contribution in [0.2, 0.25) is 5.02 Å². The number of carboxylic acid groups (broad SMARTS) is 1. The highest BCUT2D eigenvalue weighted by Crippen LogP contribution is 2.35. The molecule has 6 nitrogen and oxygen atoms in total. The number of carbonyl (C=O) groups is 1. The van der Waals surface area contributed by atoms with Crippen LogP contribution in [-0.4, -0.2) is 62.7 Å². The highest BCUT2D eigenvalue weighted by molar-refractivity contribution is 6.30. The number of carboxylic acids is 1. The van der Waals surface area contributed by atoms with Crippen molar-refractivity contribution in [3.8, 4) is 11.5 Å². The molecule has 0 saturated carbocycles. The number of halogens is 4. The Morgan fingerprint density at radius 1 is 1.28 bits per heavy atom. The number of aliphatic carboxylic acids is 1. The Hall–Kier alpha value is -1.71. The molecule has 10 heteroatoms. The van der Waals surface area contributed by atoms with Gasteiger partial charge in [0, 0.05) is 36.3 Å². The lowest BCUT2D eigenvalue weighted by Crippen LogP contribution is -2.35. The summed E-state index contributed by atoms with van der Waals surface area (Å²) in [6, 6.07) is 3.70. The Morgan fingerprint density at radius 2 is 1.84 bits per heavy atom. The molecule has 0 radical (unpaired) electrons. The SMILES string of the molecule is COc1cc(Cl)cc(CN2CCOCC2)c1OC.O=C(O)C(F)(F)F. The van der Waals surface area contributed by atoms with Crippen LogP contribution in [0.15, 0.2) is 12.1 Å². The fraction of sp³-hybridized carbons (Fsp3) is 0.533. The summed E-state index contributed by atoms with van der Waals surface area (Å²) in [5.41, 5.74) is 1.05. The van der Waals surface area contributed by atoms with Gasteiger partial charge in [-0.25, -0.2) is 4.79 Å². The summed E-state index contributed by atoms with van der Waals surface area (Å²) in [4.78, 5) is 11.2. The first-order valence-electron chi connectivity index (χ1n) is 7.19. The van der Waals surface area contributed by atoms with Crippen molar-refractivity contribution in [2.75, 3.05) is 40.5 Å². The molecule has 0 atom stereocenters. The topological polar surface area (TPSA) is 68.2 Å². The molecule has 2 rings (SSSR count). The predicted molar refractivity (Wildman–Crippen MR) is 84.3 cm³/mol. The number of morpholine rings is 1. The smallest absolute Gasteiger partial charge is 0.490 e.